The summed E-state index contributed by atoms with van der Waals surface area (Å²) in [7, 11) is 0. The summed E-state index contributed by atoms with van der Waals surface area (Å²) < 4.78 is 2.33. The molecular formula is C16H23N3S. The molecule has 0 bridgehead atoms. The van der Waals surface area contributed by atoms with Crippen LogP contribution < -0.4 is 5.32 Å². The molecule has 1 aliphatic heterocycles. The Morgan fingerprint density at radius 1 is 1.40 bits per heavy atom. The molecule has 108 valence electrons. The number of rotatable bonds is 3. The zero-order chi connectivity index (χ0) is 14.1. The van der Waals surface area contributed by atoms with Gasteiger partial charge in [0.1, 0.15) is 0 Å². The van der Waals surface area contributed by atoms with Crippen molar-refractivity contribution in [1.82, 2.24) is 14.9 Å². The first-order valence-corrected chi connectivity index (χ1v) is 8.31. The number of thiophene rings is 1. The standard InChI is InChI=1S/C16H23N3S/c1-11-5-4-6-14(18-11)15-9-17-10-19(15)13(3)16-8-7-12(2)20-16/h7-11,13-14,18H,4-6H2,1-3H3. The van der Waals surface area contributed by atoms with Crippen LogP contribution in [0.5, 0.6) is 0 Å². The fraction of sp³-hybridized carbons (Fsp3) is 0.562. The smallest absolute Gasteiger partial charge is 0.0954 e. The normalized spacial score (nSPS) is 24.8. The van der Waals surface area contributed by atoms with Crippen molar-refractivity contribution in [2.45, 2.75) is 58.2 Å². The zero-order valence-corrected chi connectivity index (χ0v) is 13.3. The van der Waals surface area contributed by atoms with E-state index in [4.69, 9.17) is 0 Å². The number of aromatic nitrogens is 2. The van der Waals surface area contributed by atoms with Gasteiger partial charge in [0.2, 0.25) is 0 Å². The van der Waals surface area contributed by atoms with Gasteiger partial charge in [0, 0.05) is 28.0 Å². The Labute approximate surface area is 125 Å². The highest BCUT2D eigenvalue weighted by Crippen LogP contribution is 2.31. The SMILES string of the molecule is Cc1ccc(C(C)n2cncc2C2CCCC(C)N2)s1. The minimum atomic E-state index is 0.366. The molecule has 0 spiro atoms. The van der Waals surface area contributed by atoms with Gasteiger partial charge in [0.25, 0.3) is 0 Å². The third-order valence-corrected chi connectivity index (χ3v) is 5.43. The lowest BCUT2D eigenvalue weighted by Crippen LogP contribution is -2.35. The van der Waals surface area contributed by atoms with Gasteiger partial charge < -0.3 is 9.88 Å². The quantitative estimate of drug-likeness (QED) is 0.923. The number of hydrogen-bond acceptors (Lipinski definition) is 3. The maximum absolute atomic E-state index is 4.40. The summed E-state index contributed by atoms with van der Waals surface area (Å²) in [6.45, 7) is 6.71. The molecule has 0 aliphatic carbocycles. The average molecular weight is 289 g/mol. The molecule has 3 nitrogen and oxygen atoms in total. The molecule has 2 aromatic heterocycles. The van der Waals surface area contributed by atoms with Crippen LogP contribution in [0.25, 0.3) is 0 Å². The van der Waals surface area contributed by atoms with E-state index < -0.39 is 0 Å². The van der Waals surface area contributed by atoms with Crippen LogP contribution in [0.15, 0.2) is 24.7 Å². The van der Waals surface area contributed by atoms with Gasteiger partial charge in [-0.25, -0.2) is 4.98 Å². The maximum Gasteiger partial charge on any atom is 0.0954 e. The number of nitrogens with zero attached hydrogens (tertiary/aromatic N) is 2. The van der Waals surface area contributed by atoms with E-state index in [2.05, 4.69) is 47.8 Å². The highest BCUT2D eigenvalue weighted by molar-refractivity contribution is 7.12. The Bertz CT molecular complexity index is 572. The topological polar surface area (TPSA) is 29.9 Å². The molecule has 4 heteroatoms. The predicted octanol–water partition coefficient (Wildman–Crippen LogP) is 4.07. The molecule has 3 unspecified atom stereocenters. The summed E-state index contributed by atoms with van der Waals surface area (Å²) in [4.78, 5) is 7.18. The van der Waals surface area contributed by atoms with Crippen LogP contribution >= 0.6 is 11.3 Å². The number of imidazole rings is 1. The van der Waals surface area contributed by atoms with Gasteiger partial charge in [-0.15, -0.1) is 11.3 Å². The van der Waals surface area contributed by atoms with E-state index in [-0.39, 0.29) is 0 Å². The molecule has 3 atom stereocenters. The molecule has 20 heavy (non-hydrogen) atoms. The second-order valence-corrected chi connectivity index (χ2v) is 7.22. The second-order valence-electron chi connectivity index (χ2n) is 5.90. The van der Waals surface area contributed by atoms with Crippen LogP contribution in [0.4, 0.5) is 0 Å². The minimum Gasteiger partial charge on any atom is -0.325 e. The number of hydrogen-bond donors (Lipinski definition) is 1. The molecule has 1 saturated heterocycles. The Kier molecular flexibility index (Phi) is 3.94. The zero-order valence-electron chi connectivity index (χ0n) is 12.5. The van der Waals surface area contributed by atoms with Gasteiger partial charge in [-0.1, -0.05) is 0 Å². The van der Waals surface area contributed by atoms with Gasteiger partial charge >= 0.3 is 0 Å². The van der Waals surface area contributed by atoms with E-state index in [1.165, 1.54) is 34.7 Å². The Morgan fingerprint density at radius 3 is 2.95 bits per heavy atom. The Hall–Kier alpha value is -1.13. The molecule has 2 aromatic rings. The van der Waals surface area contributed by atoms with Crippen LogP contribution in [0.2, 0.25) is 0 Å². The van der Waals surface area contributed by atoms with E-state index in [1.807, 2.05) is 23.9 Å². The van der Waals surface area contributed by atoms with E-state index in [9.17, 15) is 0 Å². The van der Waals surface area contributed by atoms with E-state index >= 15 is 0 Å². The van der Waals surface area contributed by atoms with Gasteiger partial charge in [-0.3, -0.25) is 0 Å². The predicted molar refractivity (Wildman–Crippen MR) is 84.3 cm³/mol. The van der Waals surface area contributed by atoms with Crippen LogP contribution in [-0.4, -0.2) is 15.6 Å². The van der Waals surface area contributed by atoms with E-state index in [0.29, 0.717) is 18.1 Å². The molecule has 0 amide bonds. The summed E-state index contributed by atoms with van der Waals surface area (Å²) in [6.07, 6.45) is 7.82. The third kappa shape index (κ3) is 2.67. The van der Waals surface area contributed by atoms with Gasteiger partial charge in [-0.2, -0.15) is 0 Å². The molecule has 0 saturated carbocycles. The van der Waals surface area contributed by atoms with Gasteiger partial charge in [0.15, 0.2) is 0 Å². The van der Waals surface area contributed by atoms with Crippen molar-refractivity contribution in [3.05, 3.63) is 40.1 Å². The van der Waals surface area contributed by atoms with Crippen molar-refractivity contribution >= 4 is 11.3 Å². The van der Waals surface area contributed by atoms with Crippen molar-refractivity contribution in [3.63, 3.8) is 0 Å². The largest absolute Gasteiger partial charge is 0.325 e. The summed E-state index contributed by atoms with van der Waals surface area (Å²) in [5.74, 6) is 0. The van der Waals surface area contributed by atoms with Crippen LogP contribution in [0, 0.1) is 6.92 Å². The maximum atomic E-state index is 4.40. The highest BCUT2D eigenvalue weighted by atomic mass is 32.1. The lowest BCUT2D eigenvalue weighted by Gasteiger charge is -2.30. The fourth-order valence-corrected chi connectivity index (χ4v) is 4.02. The van der Waals surface area contributed by atoms with Crippen molar-refractivity contribution < 1.29 is 0 Å². The Morgan fingerprint density at radius 2 is 2.25 bits per heavy atom. The highest BCUT2D eigenvalue weighted by Gasteiger charge is 2.24. The first kappa shape index (κ1) is 13.8. The monoisotopic (exact) mass is 289 g/mol. The van der Waals surface area contributed by atoms with Gasteiger partial charge in [-0.05, 0) is 52.2 Å². The lowest BCUT2D eigenvalue weighted by molar-refractivity contribution is 0.327. The number of piperidine rings is 1. The van der Waals surface area contributed by atoms with E-state index in [1.54, 1.807) is 0 Å². The fourth-order valence-electron chi connectivity index (χ4n) is 3.09. The van der Waals surface area contributed by atoms with Crippen LogP contribution in [0.3, 0.4) is 0 Å². The molecule has 1 aliphatic rings. The summed E-state index contributed by atoms with van der Waals surface area (Å²) in [5, 5.41) is 3.71. The molecule has 1 fully saturated rings. The third-order valence-electron chi connectivity index (χ3n) is 4.26. The van der Waals surface area contributed by atoms with Crippen molar-refractivity contribution in [2.75, 3.05) is 0 Å². The molecule has 1 N–H and O–H groups in total. The lowest BCUT2D eigenvalue weighted by atomic mass is 9.97. The first-order chi connectivity index (χ1) is 9.65. The second kappa shape index (κ2) is 5.70. The molecule has 3 heterocycles. The first-order valence-electron chi connectivity index (χ1n) is 7.49. The average Bonchev–Trinajstić information content (AvgIpc) is 3.06. The van der Waals surface area contributed by atoms with Gasteiger partial charge in [0.05, 0.1) is 18.1 Å². The van der Waals surface area contributed by atoms with Crippen LogP contribution in [0.1, 0.15) is 60.6 Å². The molecule has 0 aromatic carbocycles. The molecular weight excluding hydrogens is 266 g/mol. The number of nitrogens with one attached hydrogen (secondary N) is 1. The van der Waals surface area contributed by atoms with Crippen molar-refractivity contribution in [1.29, 1.82) is 0 Å². The summed E-state index contributed by atoms with van der Waals surface area (Å²) in [5.41, 5.74) is 1.33. The van der Waals surface area contributed by atoms with Crippen molar-refractivity contribution in [3.8, 4) is 0 Å². The number of aryl methyl sites for hydroxylation is 1. The van der Waals surface area contributed by atoms with Crippen molar-refractivity contribution in [2.24, 2.45) is 0 Å². The Balaban J connectivity index is 1.86. The van der Waals surface area contributed by atoms with E-state index in [0.717, 1.165) is 0 Å². The molecule has 0 radical (unpaired) electrons. The molecule has 3 rings (SSSR count). The summed E-state index contributed by atoms with van der Waals surface area (Å²) in [6, 6.07) is 5.87. The minimum absolute atomic E-state index is 0.366. The van der Waals surface area contributed by atoms with Crippen LogP contribution in [-0.2, 0) is 0 Å². The summed E-state index contributed by atoms with van der Waals surface area (Å²) >= 11 is 1.88.